The van der Waals surface area contributed by atoms with E-state index in [9.17, 15) is 13.2 Å². The summed E-state index contributed by atoms with van der Waals surface area (Å²) in [6.07, 6.45) is -0.0496. The van der Waals surface area contributed by atoms with Gasteiger partial charge in [0, 0.05) is 19.2 Å². The predicted molar refractivity (Wildman–Crippen MR) is 98.7 cm³/mol. The van der Waals surface area contributed by atoms with Gasteiger partial charge in [-0.05, 0) is 50.2 Å². The molecule has 0 N–H and O–H groups in total. The molecule has 0 radical (unpaired) electrons. The van der Waals surface area contributed by atoms with Crippen molar-refractivity contribution in [2.75, 3.05) is 17.7 Å². The van der Waals surface area contributed by atoms with Crippen LogP contribution in [0.25, 0.3) is 0 Å². The summed E-state index contributed by atoms with van der Waals surface area (Å²) >= 11 is 0. The number of amides is 1. The van der Waals surface area contributed by atoms with E-state index in [4.69, 9.17) is 4.74 Å². The maximum Gasteiger partial charge on any atom is 0.227 e. The Balaban J connectivity index is 2.00. The molecule has 6 heteroatoms. The van der Waals surface area contributed by atoms with Crippen LogP contribution >= 0.6 is 0 Å². The van der Waals surface area contributed by atoms with Crippen LogP contribution in [0.5, 0.6) is 5.75 Å². The van der Waals surface area contributed by atoms with E-state index in [0.717, 1.165) is 5.69 Å². The molecule has 0 saturated carbocycles. The van der Waals surface area contributed by atoms with Gasteiger partial charge in [0.15, 0.2) is 9.84 Å². The van der Waals surface area contributed by atoms with E-state index in [2.05, 4.69) is 0 Å². The van der Waals surface area contributed by atoms with Gasteiger partial charge >= 0.3 is 0 Å². The molecular weight excluding hydrogens is 338 g/mol. The van der Waals surface area contributed by atoms with Crippen LogP contribution in [0.1, 0.15) is 20.3 Å². The zero-order valence-corrected chi connectivity index (χ0v) is 15.5. The maximum atomic E-state index is 12.4. The molecule has 2 aromatic rings. The minimum absolute atomic E-state index is 0.0219. The maximum absolute atomic E-state index is 12.4. The summed E-state index contributed by atoms with van der Waals surface area (Å²) in [6, 6.07) is 15.4. The first-order chi connectivity index (χ1) is 11.8. The van der Waals surface area contributed by atoms with Crippen molar-refractivity contribution in [1.82, 2.24) is 0 Å². The Hall–Kier alpha value is -2.34. The molecule has 0 aromatic heterocycles. The van der Waals surface area contributed by atoms with E-state index in [-0.39, 0.29) is 29.1 Å². The second kappa shape index (κ2) is 8.16. The molecule has 0 aliphatic carbocycles. The lowest BCUT2D eigenvalue weighted by Crippen LogP contribution is -2.28. The fourth-order valence-corrected chi connectivity index (χ4v) is 3.53. The van der Waals surface area contributed by atoms with Crippen molar-refractivity contribution in [1.29, 1.82) is 0 Å². The van der Waals surface area contributed by atoms with Gasteiger partial charge in [-0.2, -0.15) is 0 Å². The molecule has 0 fully saturated rings. The molecule has 25 heavy (non-hydrogen) atoms. The Kier molecular flexibility index (Phi) is 6.20. The molecule has 0 saturated heterocycles. The third kappa shape index (κ3) is 5.32. The van der Waals surface area contributed by atoms with E-state index in [1.165, 1.54) is 17.0 Å². The molecular formula is C19H23NO4S. The number of para-hydroxylation sites is 1. The number of nitrogens with zero attached hydrogens (tertiary/aromatic N) is 1. The predicted octanol–water partition coefficient (Wildman–Crippen LogP) is 3.30. The number of hydrogen-bond acceptors (Lipinski definition) is 4. The molecule has 0 spiro atoms. The Morgan fingerprint density at radius 2 is 1.64 bits per heavy atom. The van der Waals surface area contributed by atoms with Gasteiger partial charge < -0.3 is 9.64 Å². The van der Waals surface area contributed by atoms with Crippen LogP contribution in [0.3, 0.4) is 0 Å². The van der Waals surface area contributed by atoms with Crippen LogP contribution < -0.4 is 9.64 Å². The molecule has 134 valence electrons. The molecule has 0 heterocycles. The number of benzene rings is 2. The summed E-state index contributed by atoms with van der Waals surface area (Å²) in [5.41, 5.74) is 0.736. The van der Waals surface area contributed by atoms with Crippen molar-refractivity contribution in [3.8, 4) is 5.75 Å². The first-order valence-electron chi connectivity index (χ1n) is 8.10. The number of carbonyl (C=O) groups excluding carboxylic acids is 1. The fourth-order valence-electron chi connectivity index (χ4n) is 2.30. The normalized spacial score (nSPS) is 11.4. The molecule has 0 atom stereocenters. The average Bonchev–Trinajstić information content (AvgIpc) is 2.60. The molecule has 1 amide bonds. The van der Waals surface area contributed by atoms with Crippen LogP contribution in [0.2, 0.25) is 0 Å². The molecule has 5 nitrogen and oxygen atoms in total. The number of rotatable bonds is 7. The third-order valence-electron chi connectivity index (χ3n) is 3.66. The third-order valence-corrected chi connectivity index (χ3v) is 5.39. The van der Waals surface area contributed by atoms with Crippen LogP contribution in [0.4, 0.5) is 5.69 Å². The molecule has 0 aliphatic rings. The van der Waals surface area contributed by atoms with E-state index < -0.39 is 9.84 Å². The second-order valence-corrected chi connectivity index (χ2v) is 8.10. The summed E-state index contributed by atoms with van der Waals surface area (Å²) in [4.78, 5) is 13.9. The molecule has 0 bridgehead atoms. The zero-order valence-electron chi connectivity index (χ0n) is 14.7. The Bertz CT molecular complexity index is 799. The van der Waals surface area contributed by atoms with Gasteiger partial charge in [-0.15, -0.1) is 0 Å². The highest BCUT2D eigenvalue weighted by Gasteiger charge is 2.19. The lowest BCUT2D eigenvalue weighted by atomic mass is 10.3. The summed E-state index contributed by atoms with van der Waals surface area (Å²) in [5.74, 6) is 0.149. The lowest BCUT2D eigenvalue weighted by Gasteiger charge is -2.17. The van der Waals surface area contributed by atoms with Crippen molar-refractivity contribution in [2.45, 2.75) is 31.3 Å². The Labute approximate surface area is 149 Å². The summed E-state index contributed by atoms with van der Waals surface area (Å²) in [5, 5.41) is 0. The van der Waals surface area contributed by atoms with Crippen molar-refractivity contribution in [2.24, 2.45) is 0 Å². The van der Waals surface area contributed by atoms with Gasteiger partial charge in [-0.3, -0.25) is 4.79 Å². The fraction of sp³-hybridized carbons (Fsp3) is 0.316. The number of carbonyl (C=O) groups is 1. The van der Waals surface area contributed by atoms with E-state index in [1.807, 2.05) is 32.0 Å². The Morgan fingerprint density at radius 3 is 2.20 bits per heavy atom. The SMILES string of the molecule is CC(C)Oc1ccc(S(=O)(=O)CCC(=O)N(C)c2ccccc2)cc1. The first kappa shape index (κ1) is 19.0. The molecule has 2 aromatic carbocycles. The van der Waals surface area contributed by atoms with Crippen molar-refractivity contribution < 1.29 is 17.9 Å². The van der Waals surface area contributed by atoms with E-state index in [0.29, 0.717) is 5.75 Å². The van der Waals surface area contributed by atoms with E-state index >= 15 is 0 Å². The number of sulfone groups is 1. The quantitative estimate of drug-likeness (QED) is 0.759. The summed E-state index contributed by atoms with van der Waals surface area (Å²) < 4.78 is 30.3. The van der Waals surface area contributed by atoms with Gasteiger partial charge in [0.05, 0.1) is 16.8 Å². The monoisotopic (exact) mass is 361 g/mol. The first-order valence-corrected chi connectivity index (χ1v) is 9.76. The summed E-state index contributed by atoms with van der Waals surface area (Å²) in [7, 11) is -1.88. The van der Waals surface area contributed by atoms with E-state index in [1.54, 1.807) is 31.3 Å². The van der Waals surface area contributed by atoms with Crippen molar-refractivity contribution in [3.05, 3.63) is 54.6 Å². The highest BCUT2D eigenvalue weighted by atomic mass is 32.2. The second-order valence-electron chi connectivity index (χ2n) is 6.00. The van der Waals surface area contributed by atoms with Gasteiger partial charge in [0.1, 0.15) is 5.75 Å². The van der Waals surface area contributed by atoms with Gasteiger partial charge in [-0.25, -0.2) is 8.42 Å². The number of anilines is 1. The van der Waals surface area contributed by atoms with Gasteiger partial charge in [0.25, 0.3) is 0 Å². The van der Waals surface area contributed by atoms with Gasteiger partial charge in [0.2, 0.25) is 5.91 Å². The Morgan fingerprint density at radius 1 is 1.04 bits per heavy atom. The lowest BCUT2D eigenvalue weighted by molar-refractivity contribution is -0.117. The minimum Gasteiger partial charge on any atom is -0.491 e. The highest BCUT2D eigenvalue weighted by molar-refractivity contribution is 7.91. The molecule has 2 rings (SSSR count). The summed E-state index contributed by atoms with van der Waals surface area (Å²) in [6.45, 7) is 3.80. The zero-order chi connectivity index (χ0) is 18.4. The molecule has 0 aliphatic heterocycles. The van der Waals surface area contributed by atoms with Crippen molar-refractivity contribution in [3.63, 3.8) is 0 Å². The standard InChI is InChI=1S/C19H23NO4S/c1-15(2)24-17-9-11-18(12-10-17)25(22,23)14-13-19(21)20(3)16-7-5-4-6-8-16/h4-12,15H,13-14H2,1-3H3. The van der Waals surface area contributed by atoms with Crippen LogP contribution in [-0.4, -0.2) is 33.2 Å². The molecule has 0 unspecified atom stereocenters. The van der Waals surface area contributed by atoms with Crippen molar-refractivity contribution >= 4 is 21.4 Å². The minimum atomic E-state index is -3.52. The topological polar surface area (TPSA) is 63.7 Å². The number of hydrogen-bond donors (Lipinski definition) is 0. The van der Waals surface area contributed by atoms with Gasteiger partial charge in [-0.1, -0.05) is 18.2 Å². The highest BCUT2D eigenvalue weighted by Crippen LogP contribution is 2.19. The van der Waals surface area contributed by atoms with Crippen LogP contribution in [-0.2, 0) is 14.6 Å². The smallest absolute Gasteiger partial charge is 0.227 e. The van der Waals surface area contributed by atoms with Crippen LogP contribution in [0.15, 0.2) is 59.5 Å². The number of ether oxygens (including phenoxy) is 1. The average molecular weight is 361 g/mol. The largest absolute Gasteiger partial charge is 0.491 e. The van der Waals surface area contributed by atoms with Crippen LogP contribution in [0, 0.1) is 0 Å².